The smallest absolute Gasteiger partial charge is 0.254 e. The van der Waals surface area contributed by atoms with E-state index < -0.39 is 0 Å². The topological polar surface area (TPSA) is 38.8 Å². The molecule has 0 saturated heterocycles. The molecule has 118 valence electrons. The number of rotatable bonds is 6. The molecule has 0 bridgehead atoms. The molecule has 1 aromatic carbocycles. The van der Waals surface area contributed by atoms with Crippen LogP contribution in [0.2, 0.25) is 0 Å². The van der Waals surface area contributed by atoms with E-state index in [9.17, 15) is 4.79 Å². The van der Waals surface area contributed by atoms with E-state index in [2.05, 4.69) is 13.0 Å². The predicted octanol–water partition coefficient (Wildman–Crippen LogP) is 3.74. The molecule has 0 saturated carbocycles. The van der Waals surface area contributed by atoms with Crippen LogP contribution in [0.15, 0.2) is 29.6 Å². The Morgan fingerprint density at radius 3 is 2.64 bits per heavy atom. The quantitative estimate of drug-likeness (QED) is 0.814. The number of ether oxygens (including phenoxy) is 2. The number of nitrogens with zero attached hydrogens (tertiary/aromatic N) is 1. The number of carbonyl (C=O) groups is 1. The van der Waals surface area contributed by atoms with Crippen LogP contribution in [0, 0.1) is 6.92 Å². The van der Waals surface area contributed by atoms with Crippen molar-refractivity contribution >= 4 is 17.2 Å². The Hall–Kier alpha value is -2.01. The molecule has 0 N–H and O–H groups in total. The van der Waals surface area contributed by atoms with Crippen LogP contribution in [0.5, 0.6) is 11.5 Å². The third-order valence-corrected chi connectivity index (χ3v) is 4.41. The third kappa shape index (κ3) is 3.60. The molecule has 1 aromatic heterocycles. The van der Waals surface area contributed by atoms with E-state index in [1.54, 1.807) is 41.5 Å². The van der Waals surface area contributed by atoms with E-state index in [1.165, 1.54) is 10.4 Å². The maximum absolute atomic E-state index is 12.6. The van der Waals surface area contributed by atoms with Gasteiger partial charge in [0.15, 0.2) is 11.5 Å². The second kappa shape index (κ2) is 7.31. The van der Waals surface area contributed by atoms with Crippen molar-refractivity contribution in [3.63, 3.8) is 0 Å². The van der Waals surface area contributed by atoms with Crippen LogP contribution in [-0.2, 0) is 6.54 Å². The van der Waals surface area contributed by atoms with Crippen LogP contribution in [-0.4, -0.2) is 31.6 Å². The van der Waals surface area contributed by atoms with Gasteiger partial charge in [-0.25, -0.2) is 0 Å². The Morgan fingerprint density at radius 1 is 1.27 bits per heavy atom. The van der Waals surface area contributed by atoms with Gasteiger partial charge >= 0.3 is 0 Å². The van der Waals surface area contributed by atoms with E-state index >= 15 is 0 Å². The van der Waals surface area contributed by atoms with Crippen molar-refractivity contribution < 1.29 is 14.3 Å². The van der Waals surface area contributed by atoms with Crippen molar-refractivity contribution in [2.45, 2.75) is 20.4 Å². The Morgan fingerprint density at radius 2 is 2.05 bits per heavy atom. The molecular formula is C17H21NO3S. The maximum atomic E-state index is 12.6. The van der Waals surface area contributed by atoms with Crippen molar-refractivity contribution in [2.24, 2.45) is 0 Å². The van der Waals surface area contributed by atoms with Gasteiger partial charge < -0.3 is 14.4 Å². The molecule has 0 aliphatic rings. The fourth-order valence-electron chi connectivity index (χ4n) is 2.15. The lowest BCUT2D eigenvalue weighted by molar-refractivity contribution is 0.0786. The zero-order chi connectivity index (χ0) is 16.1. The van der Waals surface area contributed by atoms with Crippen LogP contribution < -0.4 is 9.47 Å². The minimum atomic E-state index is -0.0332. The number of benzene rings is 1. The van der Waals surface area contributed by atoms with Gasteiger partial charge in [-0.3, -0.25) is 4.79 Å². The van der Waals surface area contributed by atoms with Gasteiger partial charge in [0.25, 0.3) is 5.91 Å². The number of hydrogen-bond donors (Lipinski definition) is 0. The molecule has 1 amide bonds. The summed E-state index contributed by atoms with van der Waals surface area (Å²) in [5.74, 6) is 1.20. The number of hydrogen-bond acceptors (Lipinski definition) is 4. The van der Waals surface area contributed by atoms with Crippen molar-refractivity contribution in [2.75, 3.05) is 20.8 Å². The summed E-state index contributed by atoms with van der Waals surface area (Å²) in [7, 11) is 3.38. The molecule has 0 fully saturated rings. The molecule has 0 unspecified atom stereocenters. The van der Waals surface area contributed by atoms with E-state index in [-0.39, 0.29) is 5.91 Å². The van der Waals surface area contributed by atoms with Crippen molar-refractivity contribution in [1.82, 2.24) is 4.90 Å². The van der Waals surface area contributed by atoms with Gasteiger partial charge in [0.05, 0.1) is 20.3 Å². The number of thiophene rings is 1. The number of carbonyl (C=O) groups excluding carboxylic acids is 1. The number of amides is 1. The average Bonchev–Trinajstić information content (AvgIpc) is 2.92. The Bertz CT molecular complexity index is 651. The Kier molecular flexibility index (Phi) is 5.44. The van der Waals surface area contributed by atoms with Gasteiger partial charge in [-0.1, -0.05) is 0 Å². The Balaban J connectivity index is 2.16. The lowest BCUT2D eigenvalue weighted by Gasteiger charge is -2.18. The third-order valence-electron chi connectivity index (χ3n) is 3.41. The van der Waals surface area contributed by atoms with E-state index in [1.807, 2.05) is 19.4 Å². The summed E-state index contributed by atoms with van der Waals surface area (Å²) in [4.78, 5) is 15.5. The van der Waals surface area contributed by atoms with Gasteiger partial charge in [0, 0.05) is 17.5 Å². The van der Waals surface area contributed by atoms with Crippen LogP contribution >= 0.6 is 11.3 Å². The summed E-state index contributed by atoms with van der Waals surface area (Å²) in [6.45, 7) is 5.14. The molecular weight excluding hydrogens is 298 g/mol. The summed E-state index contributed by atoms with van der Waals surface area (Å²) >= 11 is 1.67. The van der Waals surface area contributed by atoms with Gasteiger partial charge in [0.1, 0.15) is 0 Å². The second-order valence-electron chi connectivity index (χ2n) is 4.99. The highest BCUT2D eigenvalue weighted by Crippen LogP contribution is 2.28. The van der Waals surface area contributed by atoms with E-state index in [4.69, 9.17) is 9.47 Å². The van der Waals surface area contributed by atoms with Crippen LogP contribution in [0.1, 0.15) is 27.7 Å². The molecule has 5 heteroatoms. The van der Waals surface area contributed by atoms with Crippen molar-refractivity contribution in [1.29, 1.82) is 0 Å². The molecule has 2 aromatic rings. The largest absolute Gasteiger partial charge is 0.493 e. The Labute approximate surface area is 135 Å². The van der Waals surface area contributed by atoms with E-state index in [0.717, 1.165) is 0 Å². The standard InChI is InChI=1S/C17H21NO3S/c1-5-21-14-7-6-13(10-15(14)20-4)17(19)18(3)11-16-12(2)8-9-22-16/h6-10H,5,11H2,1-4H3. The fraction of sp³-hybridized carbons (Fsp3) is 0.353. The lowest BCUT2D eigenvalue weighted by Crippen LogP contribution is -2.26. The molecule has 0 aliphatic carbocycles. The zero-order valence-corrected chi connectivity index (χ0v) is 14.2. The van der Waals surface area contributed by atoms with Crippen molar-refractivity contribution in [3.8, 4) is 11.5 Å². The first-order valence-corrected chi connectivity index (χ1v) is 8.04. The predicted molar refractivity (Wildman–Crippen MR) is 89.0 cm³/mol. The summed E-state index contributed by atoms with van der Waals surface area (Å²) in [6, 6.07) is 7.34. The van der Waals surface area contributed by atoms with Crippen molar-refractivity contribution in [3.05, 3.63) is 45.6 Å². The van der Waals surface area contributed by atoms with Gasteiger partial charge in [-0.15, -0.1) is 11.3 Å². The monoisotopic (exact) mass is 319 g/mol. The van der Waals surface area contributed by atoms with Gasteiger partial charge in [-0.05, 0) is 49.1 Å². The highest BCUT2D eigenvalue weighted by Gasteiger charge is 2.16. The normalized spacial score (nSPS) is 10.4. The van der Waals surface area contributed by atoms with Crippen LogP contribution in [0.25, 0.3) is 0 Å². The SMILES string of the molecule is CCOc1ccc(C(=O)N(C)Cc2sccc2C)cc1OC. The number of methoxy groups -OCH3 is 1. The second-order valence-corrected chi connectivity index (χ2v) is 5.99. The molecule has 1 heterocycles. The summed E-state index contributed by atoms with van der Waals surface area (Å²) in [5, 5.41) is 2.04. The lowest BCUT2D eigenvalue weighted by atomic mass is 10.1. The van der Waals surface area contributed by atoms with Gasteiger partial charge in [0.2, 0.25) is 0 Å². The van der Waals surface area contributed by atoms with E-state index in [0.29, 0.717) is 30.2 Å². The molecule has 4 nitrogen and oxygen atoms in total. The molecule has 2 rings (SSSR count). The zero-order valence-electron chi connectivity index (χ0n) is 13.4. The molecule has 0 radical (unpaired) electrons. The highest BCUT2D eigenvalue weighted by atomic mass is 32.1. The average molecular weight is 319 g/mol. The minimum Gasteiger partial charge on any atom is -0.493 e. The fourth-order valence-corrected chi connectivity index (χ4v) is 3.11. The molecule has 0 aliphatic heterocycles. The molecule has 0 spiro atoms. The minimum absolute atomic E-state index is 0.0332. The first-order valence-electron chi connectivity index (χ1n) is 7.16. The number of aryl methyl sites for hydroxylation is 1. The summed E-state index contributed by atoms with van der Waals surface area (Å²) in [6.07, 6.45) is 0. The molecule has 0 atom stereocenters. The van der Waals surface area contributed by atoms with Gasteiger partial charge in [-0.2, -0.15) is 0 Å². The maximum Gasteiger partial charge on any atom is 0.254 e. The first-order chi connectivity index (χ1) is 10.6. The van der Waals surface area contributed by atoms with Crippen LogP contribution in [0.4, 0.5) is 0 Å². The molecule has 22 heavy (non-hydrogen) atoms. The first kappa shape index (κ1) is 16.4. The summed E-state index contributed by atoms with van der Waals surface area (Å²) in [5.41, 5.74) is 1.81. The highest BCUT2D eigenvalue weighted by molar-refractivity contribution is 7.10. The van der Waals surface area contributed by atoms with Crippen LogP contribution in [0.3, 0.4) is 0 Å². The summed E-state index contributed by atoms with van der Waals surface area (Å²) < 4.78 is 10.8.